The second-order valence-corrected chi connectivity index (χ2v) is 17.0. The number of hydrazine groups is 1. The third kappa shape index (κ3) is 7.08. The van der Waals surface area contributed by atoms with Gasteiger partial charge >= 0.3 is 6.18 Å². The Morgan fingerprint density at radius 1 is 0.877 bits per heavy atom. The molecule has 5 aromatic rings. The van der Waals surface area contributed by atoms with Crippen LogP contribution in [0.25, 0.3) is 12.2 Å². The molecule has 11 nitrogen and oxygen atoms in total. The number of phenolic OH excluding ortho intramolecular Hbond substituents is 1. The zero-order valence-corrected chi connectivity index (χ0v) is 35.8. The quantitative estimate of drug-likeness (QED) is 0.0641. The number of hydrogen-bond acceptors (Lipinski definition) is 9. The zero-order valence-electron chi connectivity index (χ0n) is 34.3. The molecule has 0 bridgehead atoms. The van der Waals surface area contributed by atoms with Crippen LogP contribution in [-0.2, 0) is 30.8 Å². The lowest BCUT2D eigenvalue weighted by Gasteiger charge is -2.50. The molecule has 2 saturated heterocycles. The van der Waals surface area contributed by atoms with Crippen LogP contribution in [0.5, 0.6) is 17.2 Å². The molecule has 4 aromatic carbocycles. The van der Waals surface area contributed by atoms with Crippen LogP contribution >= 0.6 is 23.2 Å². The number of nitrogens with one attached hydrogen (secondary N) is 1. The Labute approximate surface area is 378 Å². The number of aromatic nitrogens is 1. The Kier molecular flexibility index (Phi) is 11.0. The lowest BCUT2D eigenvalue weighted by Crippen LogP contribution is -2.53. The summed E-state index contributed by atoms with van der Waals surface area (Å²) in [6, 6.07) is 22.6. The van der Waals surface area contributed by atoms with E-state index in [9.17, 15) is 32.7 Å². The smallest absolute Gasteiger partial charge is 0.417 e. The van der Waals surface area contributed by atoms with E-state index < -0.39 is 92.8 Å². The molecule has 6 unspecified atom stereocenters. The van der Waals surface area contributed by atoms with Gasteiger partial charge in [-0.05, 0) is 84.5 Å². The van der Waals surface area contributed by atoms with Gasteiger partial charge in [0.2, 0.25) is 11.8 Å². The van der Waals surface area contributed by atoms with E-state index >= 15 is 9.18 Å². The molecule has 0 spiro atoms. The number of allylic oxidation sites excluding steroid dienone is 2. The monoisotopic (exact) mass is 926 g/mol. The van der Waals surface area contributed by atoms with Crippen molar-refractivity contribution in [2.24, 2.45) is 23.7 Å². The summed E-state index contributed by atoms with van der Waals surface area (Å²) in [5, 5.41) is 11.8. The Hall–Kier alpha value is -6.71. The summed E-state index contributed by atoms with van der Waals surface area (Å²) < 4.78 is 67.0. The summed E-state index contributed by atoms with van der Waals surface area (Å²) in [4.78, 5) is 64.3. The topological polar surface area (TPSA) is 138 Å². The maximum absolute atomic E-state index is 15.5. The molecule has 3 heterocycles. The second-order valence-electron chi connectivity index (χ2n) is 16.1. The van der Waals surface area contributed by atoms with E-state index in [4.69, 9.17) is 32.7 Å². The third-order valence-electron chi connectivity index (χ3n) is 12.9. The number of phenols is 1. The van der Waals surface area contributed by atoms with E-state index in [2.05, 4.69) is 10.4 Å². The molecule has 9 rings (SSSR count). The van der Waals surface area contributed by atoms with Crippen LogP contribution in [0.15, 0.2) is 109 Å². The van der Waals surface area contributed by atoms with E-state index in [0.717, 1.165) is 22.1 Å². The molecule has 4 amide bonds. The first-order chi connectivity index (χ1) is 31.1. The van der Waals surface area contributed by atoms with Crippen molar-refractivity contribution in [3.05, 3.63) is 153 Å². The van der Waals surface area contributed by atoms with Crippen molar-refractivity contribution in [1.82, 2.24) is 9.99 Å². The SMILES string of the molecule is COc1ccc(OC)c(C=Cc2ccc(N3C(=O)C4CC=C5C(CC6C(=O)N(Nc7ncc(C(F)(F)F)cc7Cl)C(=O)C6(c6ccc(Cl)cc6)C5c5cccc(F)c5O)C4C3=O)cc2)c1. The van der Waals surface area contributed by atoms with E-state index in [1.807, 2.05) is 18.2 Å². The number of anilines is 2. The van der Waals surface area contributed by atoms with Gasteiger partial charge < -0.3 is 14.6 Å². The Balaban J connectivity index is 1.12. The van der Waals surface area contributed by atoms with Gasteiger partial charge in [0.25, 0.3) is 11.8 Å². The third-order valence-corrected chi connectivity index (χ3v) is 13.5. The van der Waals surface area contributed by atoms with Crippen molar-refractivity contribution >= 4 is 70.5 Å². The highest BCUT2D eigenvalue weighted by atomic mass is 35.5. The highest BCUT2D eigenvalue weighted by Gasteiger charge is 2.71. The Morgan fingerprint density at radius 2 is 1.62 bits per heavy atom. The molecule has 3 fully saturated rings. The summed E-state index contributed by atoms with van der Waals surface area (Å²) in [5.41, 5.74) is 1.80. The summed E-state index contributed by atoms with van der Waals surface area (Å²) in [7, 11) is 3.12. The van der Waals surface area contributed by atoms with Gasteiger partial charge in [0.05, 0.1) is 53.7 Å². The van der Waals surface area contributed by atoms with Gasteiger partial charge in [-0.3, -0.25) is 29.5 Å². The minimum atomic E-state index is -4.80. The van der Waals surface area contributed by atoms with Crippen molar-refractivity contribution in [1.29, 1.82) is 0 Å². The highest BCUT2D eigenvalue weighted by molar-refractivity contribution is 6.33. The average molecular weight is 928 g/mol. The van der Waals surface area contributed by atoms with Crippen LogP contribution in [0, 0.1) is 29.5 Å². The molecular weight excluding hydrogens is 891 g/mol. The molecule has 65 heavy (non-hydrogen) atoms. The van der Waals surface area contributed by atoms with Crippen LogP contribution in [0.1, 0.15) is 46.6 Å². The van der Waals surface area contributed by atoms with Crippen LogP contribution in [0.4, 0.5) is 29.1 Å². The summed E-state index contributed by atoms with van der Waals surface area (Å²) in [6.07, 6.45) is 0.949. The Bertz CT molecular complexity index is 2860. The number of hydrogen-bond donors (Lipinski definition) is 2. The van der Waals surface area contributed by atoms with E-state index in [1.165, 1.54) is 36.4 Å². The molecule has 2 N–H and O–H groups in total. The lowest BCUT2D eigenvalue weighted by molar-refractivity contribution is -0.139. The number of halogens is 6. The average Bonchev–Trinajstić information content (AvgIpc) is 3.67. The lowest BCUT2D eigenvalue weighted by atomic mass is 9.49. The molecule has 1 saturated carbocycles. The number of amides is 4. The summed E-state index contributed by atoms with van der Waals surface area (Å²) in [6.45, 7) is 0. The number of methoxy groups -OCH3 is 2. The summed E-state index contributed by atoms with van der Waals surface area (Å²) >= 11 is 12.6. The molecule has 17 heteroatoms. The van der Waals surface area contributed by atoms with Crippen molar-refractivity contribution in [2.45, 2.75) is 30.4 Å². The van der Waals surface area contributed by atoms with Crippen molar-refractivity contribution in [2.75, 3.05) is 24.5 Å². The number of carbonyl (C=O) groups excluding carboxylic acids is 4. The van der Waals surface area contributed by atoms with E-state index in [1.54, 1.807) is 56.7 Å². The number of nitrogens with zero attached hydrogens (tertiary/aromatic N) is 3. The predicted octanol–water partition coefficient (Wildman–Crippen LogP) is 9.63. The van der Waals surface area contributed by atoms with E-state index in [0.29, 0.717) is 40.0 Å². The standard InChI is InChI=1S/C48H36Cl2F4N4O7/c1-64-30-16-19-38(65-2)25(20-30)9-6-24-7-14-29(15-8-24)57-43(60)32-18-17-31-34(39(32)45(57)62)22-35-44(61)58(56-42-36(50)21-27(23-55-42)48(52,53)54)46(63)47(35,26-10-12-28(49)13-11-26)40(31)33-4-3-5-37(51)41(33)59/h3-17,19-21,23,32,34-35,39-40,59H,18,22H2,1-2H3,(H,55,56). The number of alkyl halides is 3. The minimum Gasteiger partial charge on any atom is -0.505 e. The molecule has 1 aromatic heterocycles. The van der Waals surface area contributed by atoms with Gasteiger partial charge in [-0.15, -0.1) is 0 Å². The van der Waals surface area contributed by atoms with Gasteiger partial charge in [-0.25, -0.2) is 9.37 Å². The van der Waals surface area contributed by atoms with Crippen LogP contribution < -0.4 is 19.8 Å². The summed E-state index contributed by atoms with van der Waals surface area (Å²) in [5.74, 6) is -9.31. The number of ether oxygens (including phenoxy) is 2. The number of aromatic hydroxyl groups is 1. The minimum absolute atomic E-state index is 0.0316. The van der Waals surface area contributed by atoms with Crippen LogP contribution in [-0.4, -0.2) is 52.9 Å². The molecule has 0 radical (unpaired) electrons. The molecule has 2 aliphatic heterocycles. The highest BCUT2D eigenvalue weighted by Crippen LogP contribution is 2.65. The maximum atomic E-state index is 15.5. The van der Waals surface area contributed by atoms with Gasteiger partial charge in [0, 0.05) is 28.3 Å². The van der Waals surface area contributed by atoms with Gasteiger partial charge in [0.15, 0.2) is 17.4 Å². The molecule has 6 atom stereocenters. The second kappa shape index (κ2) is 16.4. The van der Waals surface area contributed by atoms with Gasteiger partial charge in [-0.2, -0.15) is 18.2 Å². The molecule has 4 aliphatic rings. The van der Waals surface area contributed by atoms with Gasteiger partial charge in [-0.1, -0.05) is 83.4 Å². The van der Waals surface area contributed by atoms with Crippen molar-refractivity contribution < 1.29 is 51.3 Å². The largest absolute Gasteiger partial charge is 0.505 e. The maximum Gasteiger partial charge on any atom is 0.417 e. The Morgan fingerprint density at radius 3 is 2.29 bits per heavy atom. The first-order valence-corrected chi connectivity index (χ1v) is 21.0. The fourth-order valence-electron chi connectivity index (χ4n) is 10.0. The molecular formula is C48H36Cl2F4N4O7. The molecule has 2 aliphatic carbocycles. The normalized spacial score (nSPS) is 23.9. The number of fused-ring (bicyclic) bond motifs is 4. The number of imide groups is 2. The number of pyridine rings is 1. The zero-order chi connectivity index (χ0) is 46.1. The van der Waals surface area contributed by atoms with Crippen LogP contribution in [0.2, 0.25) is 10.0 Å². The number of carbonyl (C=O) groups is 4. The first-order valence-electron chi connectivity index (χ1n) is 20.3. The fourth-order valence-corrected chi connectivity index (χ4v) is 10.4. The van der Waals surface area contributed by atoms with Gasteiger partial charge in [0.1, 0.15) is 11.5 Å². The first kappa shape index (κ1) is 43.5. The number of rotatable bonds is 9. The van der Waals surface area contributed by atoms with E-state index in [-0.39, 0.29) is 29.0 Å². The fraction of sp³-hybridized carbons (Fsp3) is 0.229. The molecule has 332 valence electrons. The predicted molar refractivity (Wildman–Crippen MR) is 232 cm³/mol. The number of para-hydroxylation sites is 1. The number of benzene rings is 4. The van der Waals surface area contributed by atoms with Crippen LogP contribution in [0.3, 0.4) is 0 Å². The van der Waals surface area contributed by atoms with Crippen molar-refractivity contribution in [3.63, 3.8) is 0 Å². The van der Waals surface area contributed by atoms with Crippen molar-refractivity contribution in [3.8, 4) is 17.2 Å².